The fourth-order valence-corrected chi connectivity index (χ4v) is 3.97. The quantitative estimate of drug-likeness (QED) is 0.593. The second-order valence-electron chi connectivity index (χ2n) is 6.30. The minimum absolute atomic E-state index is 0.0490. The molecule has 0 radical (unpaired) electrons. The predicted octanol–water partition coefficient (Wildman–Crippen LogP) is 6.10. The van der Waals surface area contributed by atoms with Crippen LogP contribution in [0.3, 0.4) is 0 Å². The molecule has 1 N–H and O–H groups in total. The van der Waals surface area contributed by atoms with Crippen molar-refractivity contribution in [3.05, 3.63) is 64.2 Å². The van der Waals surface area contributed by atoms with E-state index in [1.165, 1.54) is 16.7 Å². The van der Waals surface area contributed by atoms with Gasteiger partial charge in [0.1, 0.15) is 0 Å². The normalized spacial score (nSPS) is 13.3. The Morgan fingerprint density at radius 1 is 1.08 bits per heavy atom. The third-order valence-corrected chi connectivity index (χ3v) is 5.91. The topological polar surface area (TPSA) is 29.1 Å². The van der Waals surface area contributed by atoms with Crippen molar-refractivity contribution in [3.8, 4) is 0 Å². The molecule has 0 bridgehead atoms. The van der Waals surface area contributed by atoms with E-state index in [1.807, 2.05) is 31.2 Å². The fraction of sp³-hybridized carbons (Fsp3) is 0.381. The van der Waals surface area contributed by atoms with Gasteiger partial charge in [-0.25, -0.2) is 0 Å². The highest BCUT2D eigenvalue weighted by Crippen LogP contribution is 2.28. The highest BCUT2D eigenvalue weighted by Gasteiger charge is 2.22. The Kier molecular flexibility index (Phi) is 7.39. The summed E-state index contributed by atoms with van der Waals surface area (Å²) in [4.78, 5) is 13.9. The van der Waals surface area contributed by atoms with Crippen LogP contribution >= 0.6 is 23.4 Å². The monoisotopic (exact) mass is 375 g/mol. The highest BCUT2D eigenvalue weighted by atomic mass is 35.5. The number of rotatable bonds is 7. The molecule has 2 nitrogen and oxygen atoms in total. The molecule has 4 heteroatoms. The molecule has 2 aromatic rings. The van der Waals surface area contributed by atoms with E-state index in [0.717, 1.165) is 17.7 Å². The van der Waals surface area contributed by atoms with E-state index in [2.05, 4.69) is 44.3 Å². The number of benzene rings is 2. The van der Waals surface area contributed by atoms with Crippen molar-refractivity contribution in [2.24, 2.45) is 0 Å². The maximum absolute atomic E-state index is 12.8. The van der Waals surface area contributed by atoms with Crippen LogP contribution in [0.15, 0.2) is 47.4 Å². The van der Waals surface area contributed by atoms with Gasteiger partial charge in [0.15, 0.2) is 0 Å². The van der Waals surface area contributed by atoms with E-state index < -0.39 is 0 Å². The fourth-order valence-electron chi connectivity index (χ4n) is 2.88. The Hall–Kier alpha value is -1.45. The lowest BCUT2D eigenvalue weighted by molar-refractivity contribution is -0.121. The van der Waals surface area contributed by atoms with Gasteiger partial charge in [-0.1, -0.05) is 49.2 Å². The summed E-state index contributed by atoms with van der Waals surface area (Å²) >= 11 is 7.53. The number of thioether (sulfide) groups is 1. The summed E-state index contributed by atoms with van der Waals surface area (Å²) in [6, 6.07) is 14.1. The van der Waals surface area contributed by atoms with Gasteiger partial charge in [-0.3, -0.25) is 4.79 Å². The van der Waals surface area contributed by atoms with Gasteiger partial charge in [0.2, 0.25) is 5.91 Å². The molecule has 0 aliphatic heterocycles. The molecule has 1 amide bonds. The molecule has 2 atom stereocenters. The molecule has 0 heterocycles. The summed E-state index contributed by atoms with van der Waals surface area (Å²) in [7, 11) is 0. The minimum atomic E-state index is -0.110. The Bertz CT molecular complexity index is 714. The number of nitrogens with one attached hydrogen (secondary N) is 1. The maximum Gasteiger partial charge on any atom is 0.233 e. The second kappa shape index (κ2) is 9.30. The van der Waals surface area contributed by atoms with Gasteiger partial charge in [0.05, 0.1) is 11.3 Å². The molecular weight excluding hydrogens is 350 g/mol. The number of aryl methyl sites for hydroxylation is 2. The first-order chi connectivity index (χ1) is 11.9. The van der Waals surface area contributed by atoms with Crippen LogP contribution in [-0.2, 0) is 4.79 Å². The van der Waals surface area contributed by atoms with Crippen molar-refractivity contribution in [2.75, 3.05) is 0 Å². The Morgan fingerprint density at radius 3 is 2.32 bits per heavy atom. The number of halogens is 1. The molecule has 0 aliphatic carbocycles. The van der Waals surface area contributed by atoms with E-state index in [1.54, 1.807) is 11.8 Å². The average Bonchev–Trinajstić information content (AvgIpc) is 2.59. The second-order valence-corrected chi connectivity index (χ2v) is 8.01. The van der Waals surface area contributed by atoms with E-state index in [9.17, 15) is 4.79 Å². The van der Waals surface area contributed by atoms with Crippen LogP contribution in [0, 0.1) is 13.8 Å². The van der Waals surface area contributed by atoms with Crippen LogP contribution in [-0.4, -0.2) is 11.2 Å². The van der Waals surface area contributed by atoms with Gasteiger partial charge in [0.25, 0.3) is 0 Å². The van der Waals surface area contributed by atoms with Crippen LogP contribution in [0.1, 0.15) is 49.4 Å². The molecule has 0 spiro atoms. The van der Waals surface area contributed by atoms with Crippen LogP contribution in [0.4, 0.5) is 0 Å². The Morgan fingerprint density at radius 2 is 1.76 bits per heavy atom. The van der Waals surface area contributed by atoms with Gasteiger partial charge in [-0.15, -0.1) is 11.8 Å². The number of hydrogen-bond acceptors (Lipinski definition) is 2. The van der Waals surface area contributed by atoms with Crippen LogP contribution < -0.4 is 5.32 Å². The van der Waals surface area contributed by atoms with Crippen LogP contribution in [0.5, 0.6) is 0 Å². The molecule has 0 saturated carbocycles. The van der Waals surface area contributed by atoms with Crippen LogP contribution in [0.2, 0.25) is 5.02 Å². The summed E-state index contributed by atoms with van der Waals surface area (Å²) in [5.41, 5.74) is 3.67. The van der Waals surface area contributed by atoms with E-state index in [4.69, 9.17) is 11.6 Å². The molecule has 0 aromatic heterocycles. The van der Waals surface area contributed by atoms with Crippen molar-refractivity contribution in [1.29, 1.82) is 0 Å². The summed E-state index contributed by atoms with van der Waals surface area (Å²) in [6.07, 6.45) is 1.65. The summed E-state index contributed by atoms with van der Waals surface area (Å²) in [5, 5.41) is 3.84. The zero-order valence-electron chi connectivity index (χ0n) is 15.3. The molecule has 2 aromatic carbocycles. The largest absolute Gasteiger partial charge is 0.348 e. The average molecular weight is 376 g/mol. The van der Waals surface area contributed by atoms with Gasteiger partial charge >= 0.3 is 0 Å². The van der Waals surface area contributed by atoms with E-state index >= 15 is 0 Å². The first-order valence-corrected chi connectivity index (χ1v) is 10.00. The molecule has 0 aliphatic rings. The summed E-state index contributed by atoms with van der Waals surface area (Å²) < 4.78 is 0. The number of hydrogen-bond donors (Lipinski definition) is 1. The van der Waals surface area contributed by atoms with Gasteiger partial charge in [-0.2, -0.15) is 0 Å². The summed E-state index contributed by atoms with van der Waals surface area (Å²) in [6.45, 7) is 8.35. The number of carbonyl (C=O) groups is 1. The smallest absolute Gasteiger partial charge is 0.233 e. The van der Waals surface area contributed by atoms with E-state index in [-0.39, 0.29) is 17.2 Å². The van der Waals surface area contributed by atoms with Crippen LogP contribution in [0.25, 0.3) is 0 Å². The minimum Gasteiger partial charge on any atom is -0.348 e. The molecule has 134 valence electrons. The molecular formula is C21H26ClNOS. The zero-order valence-corrected chi connectivity index (χ0v) is 16.9. The highest BCUT2D eigenvalue weighted by molar-refractivity contribution is 8.00. The lowest BCUT2D eigenvalue weighted by Gasteiger charge is -2.23. The zero-order chi connectivity index (χ0) is 18.4. The molecule has 2 unspecified atom stereocenters. The first kappa shape index (κ1) is 19.9. The molecule has 25 heavy (non-hydrogen) atoms. The van der Waals surface area contributed by atoms with E-state index in [0.29, 0.717) is 5.02 Å². The van der Waals surface area contributed by atoms with Crippen molar-refractivity contribution in [2.45, 2.75) is 56.7 Å². The number of amides is 1. The van der Waals surface area contributed by atoms with Crippen molar-refractivity contribution in [1.82, 2.24) is 5.32 Å². The van der Waals surface area contributed by atoms with Gasteiger partial charge in [-0.05, 0) is 62.1 Å². The number of carbonyl (C=O) groups excluding carboxylic acids is 1. The first-order valence-electron chi connectivity index (χ1n) is 8.74. The standard InChI is InChI=1S/C21H26ClNOS/c1-5-19(18-12-7-14(3)13-15(18)4)23-21(24)20(6-2)25-17-10-8-16(22)9-11-17/h7-13,19-20H,5-6H2,1-4H3,(H,23,24). The summed E-state index contributed by atoms with van der Waals surface area (Å²) in [5.74, 6) is 0.0919. The van der Waals surface area contributed by atoms with Gasteiger partial charge in [0, 0.05) is 9.92 Å². The van der Waals surface area contributed by atoms with Crippen molar-refractivity contribution >= 4 is 29.3 Å². The Labute approximate surface area is 160 Å². The molecule has 0 fully saturated rings. The lowest BCUT2D eigenvalue weighted by Crippen LogP contribution is -2.35. The Balaban J connectivity index is 2.09. The predicted molar refractivity (Wildman–Crippen MR) is 108 cm³/mol. The SMILES string of the molecule is CCC(Sc1ccc(Cl)cc1)C(=O)NC(CC)c1ccc(C)cc1C. The maximum atomic E-state index is 12.8. The molecule has 2 rings (SSSR count). The van der Waals surface area contributed by atoms with Crippen molar-refractivity contribution in [3.63, 3.8) is 0 Å². The van der Waals surface area contributed by atoms with Gasteiger partial charge < -0.3 is 5.32 Å². The molecule has 0 saturated heterocycles. The van der Waals surface area contributed by atoms with Crippen molar-refractivity contribution < 1.29 is 4.79 Å². The third kappa shape index (κ3) is 5.52. The third-order valence-electron chi connectivity index (χ3n) is 4.28. The lowest BCUT2D eigenvalue weighted by atomic mass is 9.97.